The fraction of sp³-hybridized carbons (Fsp3) is 0.524. The van der Waals surface area contributed by atoms with Gasteiger partial charge in [-0.25, -0.2) is 0 Å². The molecule has 0 saturated carbocycles. The van der Waals surface area contributed by atoms with Crippen molar-refractivity contribution in [1.82, 2.24) is 10.3 Å². The molecule has 0 saturated heterocycles. The van der Waals surface area contributed by atoms with Gasteiger partial charge in [0, 0.05) is 28.8 Å². The number of benzene rings is 1. The number of carbonyl (C=O) groups is 2. The Balaban J connectivity index is 1.39. The first kappa shape index (κ1) is 23.8. The molecule has 9 nitrogen and oxygen atoms in total. The smallest absolute Gasteiger partial charge is 0.226 e. The van der Waals surface area contributed by atoms with Gasteiger partial charge in [-0.05, 0) is 31.2 Å². The third-order valence-electron chi connectivity index (χ3n) is 4.10. The maximum Gasteiger partial charge on any atom is 0.226 e. The molecule has 1 aromatic heterocycles. The quantitative estimate of drug-likeness (QED) is 0.264. The predicted molar refractivity (Wildman–Crippen MR) is 114 cm³/mol. The summed E-state index contributed by atoms with van der Waals surface area (Å²) >= 11 is 0. The molecule has 3 N–H and O–H groups in total. The van der Waals surface area contributed by atoms with Gasteiger partial charge < -0.3 is 34.6 Å². The molecule has 0 atom stereocenters. The largest absolute Gasteiger partial charge is 0.379 e. The third-order valence-corrected chi connectivity index (χ3v) is 4.10. The number of fused-ring (bicyclic) bond motifs is 1. The number of nitrogens with one attached hydrogen (secondary N) is 3. The van der Waals surface area contributed by atoms with E-state index in [1.54, 1.807) is 0 Å². The monoisotopic (exact) mass is 421 g/mol. The zero-order valence-corrected chi connectivity index (χ0v) is 17.4. The Labute approximate surface area is 176 Å². The van der Waals surface area contributed by atoms with E-state index in [-0.39, 0.29) is 12.3 Å². The average Bonchev–Trinajstić information content (AvgIpc) is 3.10. The fourth-order valence-corrected chi connectivity index (χ4v) is 2.70. The van der Waals surface area contributed by atoms with Gasteiger partial charge in [0.1, 0.15) is 0 Å². The summed E-state index contributed by atoms with van der Waals surface area (Å²) in [6.07, 6.45) is 0.928. The van der Waals surface area contributed by atoms with Crippen molar-refractivity contribution in [3.05, 3.63) is 30.0 Å². The van der Waals surface area contributed by atoms with Crippen LogP contribution < -0.4 is 10.6 Å². The second kappa shape index (κ2) is 14.5. The van der Waals surface area contributed by atoms with Gasteiger partial charge in [0.25, 0.3) is 0 Å². The van der Waals surface area contributed by atoms with Crippen LogP contribution in [0.25, 0.3) is 10.9 Å². The summed E-state index contributed by atoms with van der Waals surface area (Å²) in [6, 6.07) is 7.83. The van der Waals surface area contributed by atoms with Gasteiger partial charge in [-0.15, -0.1) is 0 Å². The molecule has 0 unspecified atom stereocenters. The summed E-state index contributed by atoms with van der Waals surface area (Å²) in [5.74, 6) is -0.0833. The Morgan fingerprint density at radius 1 is 0.933 bits per heavy atom. The minimum absolute atomic E-state index is 0.0833. The van der Waals surface area contributed by atoms with E-state index in [2.05, 4.69) is 15.6 Å². The highest BCUT2D eigenvalue weighted by atomic mass is 16.6. The minimum atomic E-state index is -0.0833. The topological polar surface area (TPSA) is 111 Å². The number of carbonyl (C=O) groups excluding carboxylic acids is 2. The molecule has 1 aromatic carbocycles. The van der Waals surface area contributed by atoms with Crippen molar-refractivity contribution in [2.75, 3.05) is 64.7 Å². The van der Waals surface area contributed by atoms with Gasteiger partial charge in [0.05, 0.1) is 59.3 Å². The third kappa shape index (κ3) is 9.84. The SMILES string of the molecule is Cc1cc2cc(NC(=O)CCOCCOCCOCCOCCNC=O)ccc2[nH]1. The second-order valence-corrected chi connectivity index (χ2v) is 6.57. The predicted octanol–water partition coefficient (Wildman–Crippen LogP) is 1.62. The standard InChI is InChI=1S/C21H31N3O6/c1-17-14-18-15-19(2-3-20(18)23-17)24-21(26)4-6-27-8-10-29-12-13-30-11-9-28-7-5-22-16-25/h2-3,14-16,23H,4-13H2,1H3,(H,22,25)(H,24,26). The van der Waals surface area contributed by atoms with Crippen molar-refractivity contribution in [2.24, 2.45) is 0 Å². The summed E-state index contributed by atoms with van der Waals surface area (Å²) in [5.41, 5.74) is 2.92. The number of aromatic amines is 1. The number of aryl methyl sites for hydroxylation is 1. The number of rotatable bonds is 17. The van der Waals surface area contributed by atoms with Crippen molar-refractivity contribution >= 4 is 28.9 Å². The van der Waals surface area contributed by atoms with Crippen molar-refractivity contribution in [3.63, 3.8) is 0 Å². The number of H-pyrrole nitrogens is 1. The van der Waals surface area contributed by atoms with E-state index in [4.69, 9.17) is 18.9 Å². The van der Waals surface area contributed by atoms with Crippen molar-refractivity contribution in [2.45, 2.75) is 13.3 Å². The molecular weight excluding hydrogens is 390 g/mol. The number of aromatic nitrogens is 1. The van der Waals surface area contributed by atoms with Crippen LogP contribution in [-0.2, 0) is 28.5 Å². The van der Waals surface area contributed by atoms with Gasteiger partial charge in [0.15, 0.2) is 0 Å². The molecule has 166 valence electrons. The molecule has 0 aliphatic rings. The Morgan fingerprint density at radius 2 is 1.57 bits per heavy atom. The van der Waals surface area contributed by atoms with Crippen molar-refractivity contribution < 1.29 is 28.5 Å². The molecule has 0 aliphatic carbocycles. The Kier molecular flexibility index (Phi) is 11.5. The van der Waals surface area contributed by atoms with Gasteiger partial charge in [0.2, 0.25) is 12.3 Å². The lowest BCUT2D eigenvalue weighted by atomic mass is 10.2. The van der Waals surface area contributed by atoms with Gasteiger partial charge in [-0.3, -0.25) is 9.59 Å². The van der Waals surface area contributed by atoms with Crippen molar-refractivity contribution in [3.8, 4) is 0 Å². The van der Waals surface area contributed by atoms with Crippen LogP contribution in [0.15, 0.2) is 24.3 Å². The number of anilines is 1. The summed E-state index contributed by atoms with van der Waals surface area (Å²) in [7, 11) is 0. The number of amides is 2. The van der Waals surface area contributed by atoms with E-state index in [1.165, 1.54) is 0 Å². The summed E-state index contributed by atoms with van der Waals surface area (Å²) in [5, 5.41) is 6.46. The highest BCUT2D eigenvalue weighted by molar-refractivity contribution is 5.94. The molecule has 0 aliphatic heterocycles. The van der Waals surface area contributed by atoms with Crippen LogP contribution in [-0.4, -0.2) is 76.7 Å². The van der Waals surface area contributed by atoms with E-state index in [9.17, 15) is 9.59 Å². The van der Waals surface area contributed by atoms with E-state index < -0.39 is 0 Å². The molecule has 0 radical (unpaired) electrons. The molecular formula is C21H31N3O6. The second-order valence-electron chi connectivity index (χ2n) is 6.57. The van der Waals surface area contributed by atoms with E-state index in [0.29, 0.717) is 65.8 Å². The summed E-state index contributed by atoms with van der Waals surface area (Å²) < 4.78 is 21.4. The van der Waals surface area contributed by atoms with Gasteiger partial charge in [-0.2, -0.15) is 0 Å². The van der Waals surface area contributed by atoms with Crippen LogP contribution in [0, 0.1) is 6.92 Å². The van der Waals surface area contributed by atoms with Crippen LogP contribution in [0.4, 0.5) is 5.69 Å². The molecule has 0 fully saturated rings. The fourth-order valence-electron chi connectivity index (χ4n) is 2.70. The zero-order chi connectivity index (χ0) is 21.4. The molecule has 2 aromatic rings. The molecule has 2 amide bonds. The van der Waals surface area contributed by atoms with Crippen LogP contribution in [0.2, 0.25) is 0 Å². The van der Waals surface area contributed by atoms with E-state index in [0.717, 1.165) is 22.3 Å². The summed E-state index contributed by atoms with van der Waals surface area (Å²) in [4.78, 5) is 25.3. The molecule has 2 rings (SSSR count). The minimum Gasteiger partial charge on any atom is -0.379 e. The number of hydrogen-bond donors (Lipinski definition) is 3. The van der Waals surface area contributed by atoms with Gasteiger partial charge >= 0.3 is 0 Å². The number of ether oxygens (including phenoxy) is 4. The lowest BCUT2D eigenvalue weighted by molar-refractivity contribution is -0.117. The van der Waals surface area contributed by atoms with Crippen LogP contribution in [0.5, 0.6) is 0 Å². The van der Waals surface area contributed by atoms with E-state index in [1.807, 2.05) is 31.2 Å². The molecule has 1 heterocycles. The Bertz CT molecular complexity index is 764. The Morgan fingerprint density at radius 3 is 2.23 bits per heavy atom. The van der Waals surface area contributed by atoms with Crippen LogP contribution in [0.3, 0.4) is 0 Å². The molecule has 9 heteroatoms. The lowest BCUT2D eigenvalue weighted by Gasteiger charge is -2.08. The maximum absolute atomic E-state index is 12.0. The lowest BCUT2D eigenvalue weighted by Crippen LogP contribution is -2.19. The van der Waals surface area contributed by atoms with Crippen molar-refractivity contribution in [1.29, 1.82) is 0 Å². The number of hydrogen-bond acceptors (Lipinski definition) is 6. The molecule has 0 bridgehead atoms. The molecule has 0 spiro atoms. The maximum atomic E-state index is 12.0. The highest BCUT2D eigenvalue weighted by Crippen LogP contribution is 2.19. The van der Waals surface area contributed by atoms with Crippen LogP contribution >= 0.6 is 0 Å². The average molecular weight is 421 g/mol. The zero-order valence-electron chi connectivity index (χ0n) is 17.4. The van der Waals surface area contributed by atoms with Crippen LogP contribution in [0.1, 0.15) is 12.1 Å². The first-order chi connectivity index (χ1) is 14.7. The summed E-state index contributed by atoms with van der Waals surface area (Å²) in [6.45, 7) is 6.08. The highest BCUT2D eigenvalue weighted by Gasteiger charge is 2.04. The first-order valence-corrected chi connectivity index (χ1v) is 10.1. The first-order valence-electron chi connectivity index (χ1n) is 10.1. The Hall–Kier alpha value is -2.46. The van der Waals surface area contributed by atoms with Gasteiger partial charge in [-0.1, -0.05) is 0 Å². The molecule has 30 heavy (non-hydrogen) atoms. The normalized spacial score (nSPS) is 11.0. The van der Waals surface area contributed by atoms with E-state index >= 15 is 0 Å².